The Kier molecular flexibility index (Phi) is 6.43. The SMILES string of the molecule is NC(=O)c1ncn([C@@H]2O[C@H](CO)[C@@H](OC(=O)c3ccccc3)[C@H]2OC(=O)c2ccccc2)n1. The second-order valence-corrected chi connectivity index (χ2v) is 7.13. The fraction of sp³-hybridized carbons (Fsp3) is 0.227. The lowest BCUT2D eigenvalue weighted by molar-refractivity contribution is -0.0641. The van der Waals surface area contributed by atoms with Crippen LogP contribution in [0.3, 0.4) is 0 Å². The molecule has 4 rings (SSSR count). The summed E-state index contributed by atoms with van der Waals surface area (Å²) >= 11 is 0. The number of carbonyl (C=O) groups excluding carboxylic acids is 3. The largest absolute Gasteiger partial charge is 0.452 e. The first-order chi connectivity index (χ1) is 16.0. The average Bonchev–Trinajstić information content (AvgIpc) is 3.46. The van der Waals surface area contributed by atoms with E-state index in [1.54, 1.807) is 60.7 Å². The van der Waals surface area contributed by atoms with Gasteiger partial charge in [0.2, 0.25) is 5.82 Å². The standard InChI is InChI=1S/C22H20N4O7/c23-18(28)19-24-12-26(25-19)20-17(33-22(30)14-9-5-2-6-10-14)16(15(11-27)31-20)32-21(29)13-7-3-1-4-8-13/h1-10,12,15-17,20,27H,11H2,(H2,23,28)/t15-,16-,17-,20-/m1/s1. The van der Waals surface area contributed by atoms with Crippen molar-refractivity contribution in [1.29, 1.82) is 0 Å². The van der Waals surface area contributed by atoms with E-state index >= 15 is 0 Å². The van der Waals surface area contributed by atoms with Gasteiger partial charge in [0.05, 0.1) is 17.7 Å². The molecule has 11 nitrogen and oxygen atoms in total. The number of carbonyl (C=O) groups is 3. The van der Waals surface area contributed by atoms with Crippen molar-refractivity contribution < 1.29 is 33.7 Å². The minimum absolute atomic E-state index is 0.258. The number of nitrogens with zero attached hydrogens (tertiary/aromatic N) is 3. The van der Waals surface area contributed by atoms with Gasteiger partial charge < -0.3 is 25.1 Å². The Morgan fingerprint density at radius 2 is 1.48 bits per heavy atom. The molecule has 3 N–H and O–H groups in total. The van der Waals surface area contributed by atoms with E-state index in [2.05, 4.69) is 10.1 Å². The summed E-state index contributed by atoms with van der Waals surface area (Å²) in [5.41, 5.74) is 5.74. The number of hydrogen-bond donors (Lipinski definition) is 2. The molecular weight excluding hydrogens is 432 g/mol. The van der Waals surface area contributed by atoms with Crippen molar-refractivity contribution in [3.05, 3.63) is 83.9 Å². The summed E-state index contributed by atoms with van der Waals surface area (Å²) in [6.45, 7) is -0.542. The van der Waals surface area contributed by atoms with E-state index in [0.29, 0.717) is 0 Å². The summed E-state index contributed by atoms with van der Waals surface area (Å²) in [6, 6.07) is 16.4. The van der Waals surface area contributed by atoms with Gasteiger partial charge in [-0.25, -0.2) is 19.3 Å². The van der Waals surface area contributed by atoms with Crippen LogP contribution in [0.25, 0.3) is 0 Å². The number of aromatic nitrogens is 3. The monoisotopic (exact) mass is 452 g/mol. The predicted molar refractivity (Wildman–Crippen MR) is 111 cm³/mol. The minimum Gasteiger partial charge on any atom is -0.452 e. The van der Waals surface area contributed by atoms with E-state index in [0.717, 1.165) is 4.68 Å². The lowest BCUT2D eigenvalue weighted by atomic mass is 10.1. The quantitative estimate of drug-likeness (QED) is 0.493. The van der Waals surface area contributed by atoms with Crippen molar-refractivity contribution in [2.75, 3.05) is 6.61 Å². The molecule has 1 amide bonds. The van der Waals surface area contributed by atoms with Crippen molar-refractivity contribution >= 4 is 17.8 Å². The molecular formula is C22H20N4O7. The predicted octanol–water partition coefficient (Wildman–Crippen LogP) is 0.718. The molecule has 1 aliphatic heterocycles. The summed E-state index contributed by atoms with van der Waals surface area (Å²) in [7, 11) is 0. The number of nitrogens with two attached hydrogens (primary N) is 1. The molecule has 2 aromatic carbocycles. The van der Waals surface area contributed by atoms with E-state index in [9.17, 15) is 19.5 Å². The molecule has 3 aromatic rings. The van der Waals surface area contributed by atoms with Crippen molar-refractivity contribution in [3.8, 4) is 0 Å². The third kappa shape index (κ3) is 4.73. The van der Waals surface area contributed by atoms with Crippen LogP contribution in [0.2, 0.25) is 0 Å². The van der Waals surface area contributed by atoms with Crippen LogP contribution in [0.15, 0.2) is 67.0 Å². The molecule has 170 valence electrons. The van der Waals surface area contributed by atoms with Gasteiger partial charge in [-0.3, -0.25) is 4.79 Å². The van der Waals surface area contributed by atoms with E-state index in [-0.39, 0.29) is 17.0 Å². The van der Waals surface area contributed by atoms with Crippen LogP contribution in [0.5, 0.6) is 0 Å². The molecule has 0 unspecified atom stereocenters. The zero-order valence-corrected chi connectivity index (χ0v) is 17.2. The Bertz CT molecular complexity index is 1140. The first-order valence-electron chi connectivity index (χ1n) is 9.97. The van der Waals surface area contributed by atoms with Gasteiger partial charge in [-0.05, 0) is 24.3 Å². The Morgan fingerprint density at radius 1 is 0.939 bits per heavy atom. The Hall–Kier alpha value is -4.09. The summed E-state index contributed by atoms with van der Waals surface area (Å²) in [4.78, 5) is 40.7. The van der Waals surface area contributed by atoms with Crippen LogP contribution in [0.4, 0.5) is 0 Å². The molecule has 1 aliphatic rings. The summed E-state index contributed by atoms with van der Waals surface area (Å²) < 4.78 is 18.2. The molecule has 0 saturated carbocycles. The number of hydrogen-bond acceptors (Lipinski definition) is 9. The fourth-order valence-corrected chi connectivity index (χ4v) is 3.38. The van der Waals surface area contributed by atoms with Gasteiger partial charge in [0.25, 0.3) is 5.91 Å². The molecule has 0 aliphatic carbocycles. The maximum atomic E-state index is 12.8. The van der Waals surface area contributed by atoms with Crippen molar-refractivity contribution in [3.63, 3.8) is 0 Å². The smallest absolute Gasteiger partial charge is 0.338 e. The molecule has 1 aromatic heterocycles. The minimum atomic E-state index is -1.22. The van der Waals surface area contributed by atoms with Crippen molar-refractivity contribution in [1.82, 2.24) is 14.8 Å². The number of rotatable bonds is 7. The third-order valence-electron chi connectivity index (χ3n) is 4.96. The van der Waals surface area contributed by atoms with Crippen LogP contribution < -0.4 is 5.73 Å². The zero-order valence-electron chi connectivity index (χ0n) is 17.2. The number of benzene rings is 2. The third-order valence-corrected chi connectivity index (χ3v) is 4.96. The Labute approximate surface area is 187 Å². The van der Waals surface area contributed by atoms with Crippen molar-refractivity contribution in [2.24, 2.45) is 5.73 Å². The van der Waals surface area contributed by atoms with Gasteiger partial charge in [0.1, 0.15) is 12.4 Å². The highest BCUT2D eigenvalue weighted by atomic mass is 16.6. The van der Waals surface area contributed by atoms with Gasteiger partial charge in [-0.1, -0.05) is 36.4 Å². The maximum absolute atomic E-state index is 12.8. The number of ether oxygens (including phenoxy) is 3. The number of aliphatic hydroxyl groups excluding tert-OH is 1. The number of primary amides is 1. The summed E-state index contributed by atoms with van der Waals surface area (Å²) in [6.07, 6.45) is -3.42. The molecule has 11 heteroatoms. The van der Waals surface area contributed by atoms with Crippen molar-refractivity contribution in [2.45, 2.75) is 24.5 Å². The van der Waals surface area contributed by atoms with Crippen LogP contribution in [0, 0.1) is 0 Å². The van der Waals surface area contributed by atoms with E-state index in [1.807, 2.05) is 0 Å². The second kappa shape index (κ2) is 9.59. The van der Waals surface area contributed by atoms with Crippen LogP contribution >= 0.6 is 0 Å². The maximum Gasteiger partial charge on any atom is 0.338 e. The lowest BCUT2D eigenvalue weighted by Crippen LogP contribution is -2.40. The topological polar surface area (TPSA) is 156 Å². The zero-order chi connectivity index (χ0) is 23.4. The van der Waals surface area contributed by atoms with Gasteiger partial charge in [0.15, 0.2) is 18.4 Å². The van der Waals surface area contributed by atoms with Crippen LogP contribution in [-0.4, -0.2) is 62.6 Å². The number of amides is 1. The van der Waals surface area contributed by atoms with E-state index in [1.165, 1.54) is 6.33 Å². The normalized spacial score (nSPS) is 22.0. The fourth-order valence-electron chi connectivity index (χ4n) is 3.38. The number of esters is 2. The summed E-state index contributed by atoms with van der Waals surface area (Å²) in [5, 5.41) is 13.8. The van der Waals surface area contributed by atoms with E-state index < -0.39 is 49.0 Å². The molecule has 1 fully saturated rings. The van der Waals surface area contributed by atoms with Gasteiger partial charge in [-0.2, -0.15) is 0 Å². The molecule has 0 spiro atoms. The molecule has 0 radical (unpaired) electrons. The average molecular weight is 452 g/mol. The molecule has 33 heavy (non-hydrogen) atoms. The second-order valence-electron chi connectivity index (χ2n) is 7.13. The molecule has 4 atom stereocenters. The lowest BCUT2D eigenvalue weighted by Gasteiger charge is -2.24. The number of aliphatic hydroxyl groups is 1. The van der Waals surface area contributed by atoms with Gasteiger partial charge in [-0.15, -0.1) is 5.10 Å². The molecule has 0 bridgehead atoms. The summed E-state index contributed by atoms with van der Waals surface area (Å²) in [5.74, 6) is -2.54. The first kappa shape index (κ1) is 22.1. The highest BCUT2D eigenvalue weighted by Gasteiger charge is 2.51. The Balaban J connectivity index is 1.65. The van der Waals surface area contributed by atoms with Crippen LogP contribution in [0.1, 0.15) is 37.6 Å². The van der Waals surface area contributed by atoms with Gasteiger partial charge >= 0.3 is 11.9 Å². The highest BCUT2D eigenvalue weighted by molar-refractivity contribution is 5.90. The Morgan fingerprint density at radius 3 is 1.97 bits per heavy atom. The first-order valence-corrected chi connectivity index (χ1v) is 9.97. The van der Waals surface area contributed by atoms with Crippen LogP contribution in [-0.2, 0) is 14.2 Å². The molecule has 1 saturated heterocycles. The highest BCUT2D eigenvalue weighted by Crippen LogP contribution is 2.34. The molecule has 2 heterocycles. The van der Waals surface area contributed by atoms with Gasteiger partial charge in [0, 0.05) is 0 Å². The van der Waals surface area contributed by atoms with E-state index in [4.69, 9.17) is 19.9 Å².